The maximum absolute atomic E-state index is 12.4. The molecule has 0 atom stereocenters. The lowest BCUT2D eigenvalue weighted by molar-refractivity contribution is -0.384. The number of amides is 2. The fourth-order valence-electron chi connectivity index (χ4n) is 2.41. The lowest BCUT2D eigenvalue weighted by atomic mass is 10.2. The third kappa shape index (κ3) is 4.15. The van der Waals surface area contributed by atoms with Crippen LogP contribution >= 0.6 is 0 Å². The number of aromatic nitrogens is 2. The number of aryl methyl sites for hydroxylation is 1. The lowest BCUT2D eigenvalue weighted by Crippen LogP contribution is -2.20. The molecule has 2 amide bonds. The molecule has 3 aromatic rings. The van der Waals surface area contributed by atoms with Gasteiger partial charge in [0.05, 0.1) is 11.3 Å². The molecule has 0 bridgehead atoms. The van der Waals surface area contributed by atoms with Gasteiger partial charge in [0, 0.05) is 23.5 Å². The SMILES string of the molecule is Cc1cccc(NC(=O)c2nc[nH]c2C(=O)Nc2ccc([N+](=O)[O-])cc2)c1. The summed E-state index contributed by atoms with van der Waals surface area (Å²) in [5, 5.41) is 15.9. The Bertz CT molecular complexity index is 1010. The molecule has 0 saturated carbocycles. The first-order valence-electron chi connectivity index (χ1n) is 7.91. The van der Waals surface area contributed by atoms with Crippen LogP contribution in [0.5, 0.6) is 0 Å². The number of nitrogens with zero attached hydrogens (tertiary/aromatic N) is 2. The zero-order valence-electron chi connectivity index (χ0n) is 14.2. The van der Waals surface area contributed by atoms with Gasteiger partial charge in [0.25, 0.3) is 17.5 Å². The molecule has 9 heteroatoms. The van der Waals surface area contributed by atoms with Gasteiger partial charge in [0.2, 0.25) is 0 Å². The maximum atomic E-state index is 12.4. The molecule has 27 heavy (non-hydrogen) atoms. The summed E-state index contributed by atoms with van der Waals surface area (Å²) in [6, 6.07) is 12.6. The Kier molecular flexibility index (Phi) is 4.93. The van der Waals surface area contributed by atoms with Crippen LogP contribution in [0.1, 0.15) is 26.5 Å². The second-order valence-electron chi connectivity index (χ2n) is 5.71. The standard InChI is InChI=1S/C18H15N5O4/c1-11-3-2-4-13(9-11)22-18(25)16-15(19-10-20-16)17(24)21-12-5-7-14(8-6-12)23(26)27/h2-10H,1H3,(H,19,20)(H,21,24)(H,22,25). The van der Waals surface area contributed by atoms with Crippen LogP contribution in [-0.2, 0) is 0 Å². The normalized spacial score (nSPS) is 10.3. The van der Waals surface area contributed by atoms with Gasteiger partial charge in [-0.1, -0.05) is 12.1 Å². The van der Waals surface area contributed by atoms with E-state index < -0.39 is 16.7 Å². The Balaban J connectivity index is 1.74. The van der Waals surface area contributed by atoms with Crippen molar-refractivity contribution in [2.45, 2.75) is 6.92 Å². The molecule has 136 valence electrons. The molecule has 0 aliphatic carbocycles. The highest BCUT2D eigenvalue weighted by Crippen LogP contribution is 2.17. The summed E-state index contributed by atoms with van der Waals surface area (Å²) in [4.78, 5) is 41.6. The minimum Gasteiger partial charge on any atom is -0.340 e. The molecule has 0 radical (unpaired) electrons. The van der Waals surface area contributed by atoms with Crippen molar-refractivity contribution in [2.75, 3.05) is 10.6 Å². The molecule has 1 heterocycles. The minimum atomic E-state index is -0.587. The van der Waals surface area contributed by atoms with Gasteiger partial charge < -0.3 is 15.6 Å². The predicted octanol–water partition coefficient (Wildman–Crippen LogP) is 3.13. The van der Waals surface area contributed by atoms with Crippen molar-refractivity contribution in [1.82, 2.24) is 9.97 Å². The topological polar surface area (TPSA) is 130 Å². The van der Waals surface area contributed by atoms with Crippen LogP contribution in [0.2, 0.25) is 0 Å². The number of hydrogen-bond acceptors (Lipinski definition) is 5. The van der Waals surface area contributed by atoms with E-state index in [0.717, 1.165) is 5.56 Å². The summed E-state index contributed by atoms with van der Waals surface area (Å²) in [5.74, 6) is -1.12. The highest BCUT2D eigenvalue weighted by Gasteiger charge is 2.21. The van der Waals surface area contributed by atoms with E-state index in [-0.39, 0.29) is 17.1 Å². The number of nitrogens with one attached hydrogen (secondary N) is 3. The van der Waals surface area contributed by atoms with Crippen molar-refractivity contribution in [3.05, 3.63) is 81.9 Å². The number of non-ortho nitro benzene ring substituents is 1. The maximum Gasteiger partial charge on any atom is 0.276 e. The number of carbonyl (C=O) groups is 2. The molecule has 0 saturated heterocycles. The second-order valence-corrected chi connectivity index (χ2v) is 5.71. The molecule has 0 fully saturated rings. The van der Waals surface area contributed by atoms with Gasteiger partial charge in [-0.05, 0) is 36.8 Å². The summed E-state index contributed by atoms with van der Waals surface area (Å²) < 4.78 is 0. The van der Waals surface area contributed by atoms with Crippen molar-refractivity contribution in [3.8, 4) is 0 Å². The third-order valence-corrected chi connectivity index (χ3v) is 3.69. The van der Waals surface area contributed by atoms with Crippen molar-refractivity contribution >= 4 is 28.9 Å². The zero-order valence-corrected chi connectivity index (χ0v) is 14.2. The predicted molar refractivity (Wildman–Crippen MR) is 98.8 cm³/mol. The molecule has 0 spiro atoms. The second kappa shape index (κ2) is 7.48. The van der Waals surface area contributed by atoms with E-state index in [0.29, 0.717) is 11.4 Å². The Hall–Kier alpha value is -4.01. The number of aromatic amines is 1. The molecule has 3 N–H and O–H groups in total. The molecule has 0 aliphatic heterocycles. The van der Waals surface area contributed by atoms with Crippen molar-refractivity contribution in [1.29, 1.82) is 0 Å². The van der Waals surface area contributed by atoms with E-state index in [2.05, 4.69) is 20.6 Å². The number of benzene rings is 2. The Morgan fingerprint density at radius 3 is 2.41 bits per heavy atom. The van der Waals surface area contributed by atoms with Gasteiger partial charge in [-0.25, -0.2) is 4.98 Å². The highest BCUT2D eigenvalue weighted by atomic mass is 16.6. The molecular formula is C18H15N5O4. The monoisotopic (exact) mass is 365 g/mol. The third-order valence-electron chi connectivity index (χ3n) is 3.69. The van der Waals surface area contributed by atoms with Gasteiger partial charge in [-0.2, -0.15) is 0 Å². The van der Waals surface area contributed by atoms with E-state index in [1.165, 1.54) is 30.6 Å². The highest BCUT2D eigenvalue weighted by molar-refractivity contribution is 6.13. The largest absolute Gasteiger partial charge is 0.340 e. The van der Waals surface area contributed by atoms with Crippen molar-refractivity contribution in [2.24, 2.45) is 0 Å². The summed E-state index contributed by atoms with van der Waals surface area (Å²) in [7, 11) is 0. The van der Waals surface area contributed by atoms with Gasteiger partial charge >= 0.3 is 0 Å². The smallest absolute Gasteiger partial charge is 0.276 e. The van der Waals surface area contributed by atoms with Crippen LogP contribution < -0.4 is 10.6 Å². The Morgan fingerprint density at radius 2 is 1.74 bits per heavy atom. The first kappa shape index (κ1) is 17.8. The fourth-order valence-corrected chi connectivity index (χ4v) is 2.41. The van der Waals surface area contributed by atoms with Crippen LogP contribution in [0.25, 0.3) is 0 Å². The minimum absolute atomic E-state index is 0.0153. The van der Waals surface area contributed by atoms with Crippen molar-refractivity contribution in [3.63, 3.8) is 0 Å². The summed E-state index contributed by atoms with van der Waals surface area (Å²) >= 11 is 0. The van der Waals surface area contributed by atoms with Gasteiger partial charge in [0.1, 0.15) is 5.69 Å². The Morgan fingerprint density at radius 1 is 1.04 bits per heavy atom. The van der Waals surface area contributed by atoms with Crippen LogP contribution in [0, 0.1) is 17.0 Å². The molecular weight excluding hydrogens is 350 g/mol. The van der Waals surface area contributed by atoms with Crippen LogP contribution in [0.4, 0.5) is 17.1 Å². The summed E-state index contributed by atoms with van der Waals surface area (Å²) in [6.07, 6.45) is 1.25. The number of carbonyl (C=O) groups excluding carboxylic acids is 2. The van der Waals surface area contributed by atoms with E-state index in [1.54, 1.807) is 18.2 Å². The first-order valence-corrected chi connectivity index (χ1v) is 7.91. The van der Waals surface area contributed by atoms with Gasteiger partial charge in [0.15, 0.2) is 5.69 Å². The van der Waals surface area contributed by atoms with E-state index in [1.807, 2.05) is 13.0 Å². The molecule has 0 aliphatic rings. The van der Waals surface area contributed by atoms with Gasteiger partial charge in [-0.3, -0.25) is 19.7 Å². The number of rotatable bonds is 5. The number of nitro groups is 1. The van der Waals surface area contributed by atoms with Crippen LogP contribution in [0.15, 0.2) is 54.9 Å². The molecule has 1 aromatic heterocycles. The molecule has 9 nitrogen and oxygen atoms in total. The molecule has 3 rings (SSSR count). The molecule has 2 aromatic carbocycles. The number of H-pyrrole nitrogens is 1. The van der Waals surface area contributed by atoms with E-state index in [9.17, 15) is 19.7 Å². The summed E-state index contributed by atoms with van der Waals surface area (Å²) in [5.41, 5.74) is 1.75. The summed E-state index contributed by atoms with van der Waals surface area (Å²) in [6.45, 7) is 1.90. The van der Waals surface area contributed by atoms with Crippen LogP contribution in [-0.4, -0.2) is 26.7 Å². The lowest BCUT2D eigenvalue weighted by Gasteiger charge is -2.07. The quantitative estimate of drug-likeness (QED) is 0.472. The van der Waals surface area contributed by atoms with Gasteiger partial charge in [-0.15, -0.1) is 0 Å². The van der Waals surface area contributed by atoms with E-state index in [4.69, 9.17) is 0 Å². The fraction of sp³-hybridized carbons (Fsp3) is 0.0556. The Labute approximate surface area is 153 Å². The number of anilines is 2. The average Bonchev–Trinajstić information content (AvgIpc) is 3.12. The number of hydrogen-bond donors (Lipinski definition) is 3. The number of nitro benzene ring substituents is 1. The first-order chi connectivity index (χ1) is 12.9. The van der Waals surface area contributed by atoms with E-state index >= 15 is 0 Å². The molecule has 0 unspecified atom stereocenters. The average molecular weight is 365 g/mol. The van der Waals surface area contributed by atoms with Crippen molar-refractivity contribution < 1.29 is 14.5 Å². The van der Waals surface area contributed by atoms with Crippen LogP contribution in [0.3, 0.4) is 0 Å². The number of imidazole rings is 1. The zero-order chi connectivity index (χ0) is 19.4.